The lowest BCUT2D eigenvalue weighted by Gasteiger charge is -2.34. The summed E-state index contributed by atoms with van der Waals surface area (Å²) in [7, 11) is 0. The maximum absolute atomic E-state index is 12.1. The molecule has 3 rings (SSSR count). The number of nitro groups is 1. The zero-order valence-corrected chi connectivity index (χ0v) is 16.4. The first kappa shape index (κ1) is 20.6. The number of benzene rings is 1. The Morgan fingerprint density at radius 1 is 1.28 bits per heavy atom. The highest BCUT2D eigenvalue weighted by atomic mass is 16.7. The molecule has 1 N–H and O–H groups in total. The molecular formula is C20H24N2O7. The van der Waals surface area contributed by atoms with Crippen molar-refractivity contribution < 1.29 is 28.7 Å². The maximum Gasteiger partial charge on any atom is 0.331 e. The van der Waals surface area contributed by atoms with E-state index in [0.29, 0.717) is 17.6 Å². The predicted molar refractivity (Wildman–Crippen MR) is 103 cm³/mol. The first-order chi connectivity index (χ1) is 13.8. The molecule has 1 aliphatic heterocycles. The Hall–Kier alpha value is -3.10. The average molecular weight is 404 g/mol. The molecule has 1 heterocycles. The van der Waals surface area contributed by atoms with E-state index in [1.807, 2.05) is 0 Å². The van der Waals surface area contributed by atoms with E-state index >= 15 is 0 Å². The minimum Gasteiger partial charge on any atom is -0.454 e. The van der Waals surface area contributed by atoms with Gasteiger partial charge in [0.2, 0.25) is 6.79 Å². The summed E-state index contributed by atoms with van der Waals surface area (Å²) in [6.45, 7) is 3.87. The van der Waals surface area contributed by atoms with Gasteiger partial charge in [0.1, 0.15) is 0 Å². The molecule has 1 aliphatic carbocycles. The van der Waals surface area contributed by atoms with Crippen LogP contribution in [-0.4, -0.2) is 36.2 Å². The van der Waals surface area contributed by atoms with E-state index in [2.05, 4.69) is 19.2 Å². The number of hydrogen-bond acceptors (Lipinski definition) is 7. The lowest BCUT2D eigenvalue weighted by Crippen LogP contribution is -2.45. The SMILES string of the molecule is C[C@@H]1[C@H](C)CCC[C@H]1NC(=O)COC(=O)/C=C/c1cc2c(cc1[N+](=O)[O-])OCO2. The fraction of sp³-hybridized carbons (Fsp3) is 0.500. The van der Waals surface area contributed by atoms with Gasteiger partial charge in [-0.25, -0.2) is 4.79 Å². The van der Waals surface area contributed by atoms with E-state index < -0.39 is 17.5 Å². The molecule has 1 saturated carbocycles. The van der Waals surface area contributed by atoms with Gasteiger partial charge in [-0.05, 0) is 30.4 Å². The fourth-order valence-corrected chi connectivity index (χ4v) is 3.62. The molecule has 0 radical (unpaired) electrons. The van der Waals surface area contributed by atoms with Gasteiger partial charge < -0.3 is 19.5 Å². The highest BCUT2D eigenvalue weighted by molar-refractivity contribution is 5.90. The Kier molecular flexibility index (Phi) is 6.36. The summed E-state index contributed by atoms with van der Waals surface area (Å²) in [4.78, 5) is 34.7. The van der Waals surface area contributed by atoms with Crippen LogP contribution in [0.2, 0.25) is 0 Å². The van der Waals surface area contributed by atoms with E-state index in [1.54, 1.807) is 0 Å². The number of nitrogens with one attached hydrogen (secondary N) is 1. The van der Waals surface area contributed by atoms with Gasteiger partial charge in [-0.1, -0.05) is 26.7 Å². The summed E-state index contributed by atoms with van der Waals surface area (Å²) in [6, 6.07) is 2.74. The summed E-state index contributed by atoms with van der Waals surface area (Å²) in [5.41, 5.74) is -0.0536. The van der Waals surface area contributed by atoms with Crippen LogP contribution in [0, 0.1) is 22.0 Å². The van der Waals surface area contributed by atoms with Crippen LogP contribution >= 0.6 is 0 Å². The monoisotopic (exact) mass is 404 g/mol. The third kappa shape index (κ3) is 5.04. The van der Waals surface area contributed by atoms with Gasteiger partial charge in [-0.3, -0.25) is 14.9 Å². The first-order valence-electron chi connectivity index (χ1n) is 9.57. The van der Waals surface area contributed by atoms with E-state index in [4.69, 9.17) is 14.2 Å². The molecule has 1 fully saturated rings. The van der Waals surface area contributed by atoms with E-state index in [1.165, 1.54) is 18.2 Å². The number of nitro benzene ring substituents is 1. The number of nitrogens with zero attached hydrogens (tertiary/aromatic N) is 1. The van der Waals surface area contributed by atoms with Crippen molar-refractivity contribution in [3.8, 4) is 11.5 Å². The molecule has 9 heteroatoms. The molecule has 1 aromatic carbocycles. The molecule has 3 atom stereocenters. The van der Waals surface area contributed by atoms with Gasteiger partial charge in [0.25, 0.3) is 11.6 Å². The van der Waals surface area contributed by atoms with Crippen LogP contribution in [0.3, 0.4) is 0 Å². The zero-order valence-electron chi connectivity index (χ0n) is 16.4. The lowest BCUT2D eigenvalue weighted by atomic mass is 9.78. The number of fused-ring (bicyclic) bond motifs is 1. The van der Waals surface area contributed by atoms with Gasteiger partial charge in [0.15, 0.2) is 18.1 Å². The first-order valence-corrected chi connectivity index (χ1v) is 9.57. The van der Waals surface area contributed by atoms with Crippen LogP contribution in [0.4, 0.5) is 5.69 Å². The van der Waals surface area contributed by atoms with Crippen molar-refractivity contribution in [3.05, 3.63) is 33.9 Å². The van der Waals surface area contributed by atoms with Crippen LogP contribution in [0.25, 0.3) is 6.08 Å². The Balaban J connectivity index is 1.55. The highest BCUT2D eigenvalue weighted by Crippen LogP contribution is 2.38. The van der Waals surface area contributed by atoms with Crippen LogP contribution in [0.15, 0.2) is 18.2 Å². The molecule has 1 aromatic rings. The molecule has 9 nitrogen and oxygen atoms in total. The minimum absolute atomic E-state index is 0.0187. The van der Waals surface area contributed by atoms with Crippen molar-refractivity contribution in [1.29, 1.82) is 0 Å². The average Bonchev–Trinajstić information content (AvgIpc) is 3.15. The summed E-state index contributed by atoms with van der Waals surface area (Å²) in [6.07, 6.45) is 5.43. The molecule has 0 unspecified atom stereocenters. The number of rotatable bonds is 6. The quantitative estimate of drug-likeness (QED) is 0.335. The molecule has 0 bridgehead atoms. The summed E-state index contributed by atoms with van der Waals surface area (Å²) in [5, 5.41) is 14.1. The zero-order chi connectivity index (χ0) is 21.0. The van der Waals surface area contributed by atoms with Gasteiger partial charge in [0.05, 0.1) is 16.6 Å². The van der Waals surface area contributed by atoms with Crippen molar-refractivity contribution in [3.63, 3.8) is 0 Å². The number of carbonyl (C=O) groups excluding carboxylic acids is 2. The second-order valence-corrected chi connectivity index (χ2v) is 7.40. The number of amides is 1. The number of hydrogen-bond donors (Lipinski definition) is 1. The van der Waals surface area contributed by atoms with Crippen molar-refractivity contribution in [2.45, 2.75) is 39.2 Å². The topological polar surface area (TPSA) is 117 Å². The van der Waals surface area contributed by atoms with Gasteiger partial charge in [-0.15, -0.1) is 0 Å². The van der Waals surface area contributed by atoms with Crippen LogP contribution in [0.5, 0.6) is 11.5 Å². The minimum atomic E-state index is -0.767. The van der Waals surface area contributed by atoms with Crippen LogP contribution in [0.1, 0.15) is 38.7 Å². The normalized spacial score (nSPS) is 23.0. The Morgan fingerprint density at radius 2 is 2.00 bits per heavy atom. The number of esters is 1. The second-order valence-electron chi connectivity index (χ2n) is 7.40. The third-order valence-electron chi connectivity index (χ3n) is 5.52. The molecule has 29 heavy (non-hydrogen) atoms. The number of carbonyl (C=O) groups is 2. The molecule has 1 amide bonds. The Morgan fingerprint density at radius 3 is 2.72 bits per heavy atom. The Bertz CT molecular complexity index is 836. The standard InChI is InChI=1S/C20H24N2O7/c1-12-4-3-5-15(13(12)2)21-19(23)10-27-20(24)7-6-14-8-17-18(29-11-28-17)9-16(14)22(25)26/h6-9,12-13,15H,3-5,10-11H2,1-2H3,(H,21,23)/b7-6+/t12-,13-,15-/m1/s1. The predicted octanol–water partition coefficient (Wildman–Crippen LogP) is 2.82. The smallest absolute Gasteiger partial charge is 0.331 e. The molecule has 156 valence electrons. The lowest BCUT2D eigenvalue weighted by molar-refractivity contribution is -0.385. The molecular weight excluding hydrogens is 380 g/mol. The van der Waals surface area contributed by atoms with Crippen LogP contribution < -0.4 is 14.8 Å². The fourth-order valence-electron chi connectivity index (χ4n) is 3.62. The van der Waals surface area contributed by atoms with Gasteiger partial charge >= 0.3 is 5.97 Å². The van der Waals surface area contributed by atoms with Gasteiger partial charge in [0, 0.05) is 12.1 Å². The van der Waals surface area contributed by atoms with Crippen molar-refractivity contribution in [2.75, 3.05) is 13.4 Å². The van der Waals surface area contributed by atoms with Crippen molar-refractivity contribution in [2.24, 2.45) is 11.8 Å². The second kappa shape index (κ2) is 8.93. The maximum atomic E-state index is 12.1. The molecule has 2 aliphatic rings. The van der Waals surface area contributed by atoms with Crippen molar-refractivity contribution in [1.82, 2.24) is 5.32 Å². The van der Waals surface area contributed by atoms with Crippen molar-refractivity contribution >= 4 is 23.6 Å². The summed E-state index contributed by atoms with van der Waals surface area (Å²) in [5.74, 6) is 0.425. The Labute approximate surface area is 168 Å². The largest absolute Gasteiger partial charge is 0.454 e. The van der Waals surface area contributed by atoms with E-state index in [9.17, 15) is 19.7 Å². The highest BCUT2D eigenvalue weighted by Gasteiger charge is 2.28. The number of ether oxygens (including phenoxy) is 3. The van der Waals surface area contributed by atoms with E-state index in [-0.39, 0.29) is 35.7 Å². The molecule has 0 aromatic heterocycles. The summed E-state index contributed by atoms with van der Waals surface area (Å²) >= 11 is 0. The van der Waals surface area contributed by atoms with Crippen LogP contribution in [-0.2, 0) is 14.3 Å². The molecule has 0 spiro atoms. The third-order valence-corrected chi connectivity index (χ3v) is 5.52. The van der Waals surface area contributed by atoms with E-state index in [0.717, 1.165) is 25.3 Å². The van der Waals surface area contributed by atoms with Gasteiger partial charge in [-0.2, -0.15) is 0 Å². The molecule has 0 saturated heterocycles. The summed E-state index contributed by atoms with van der Waals surface area (Å²) < 4.78 is 15.3.